The van der Waals surface area contributed by atoms with Crippen molar-refractivity contribution in [2.75, 3.05) is 11.1 Å². The summed E-state index contributed by atoms with van der Waals surface area (Å²) in [4.78, 5) is 7.93. The molecule has 1 atom stereocenters. The molecule has 1 heterocycles. The van der Waals surface area contributed by atoms with Crippen molar-refractivity contribution >= 4 is 23.4 Å². The molecule has 1 aromatic heterocycles. The van der Waals surface area contributed by atoms with E-state index in [1.165, 1.54) is 0 Å². The highest BCUT2D eigenvalue weighted by molar-refractivity contribution is 6.29. The number of anilines is 2. The third-order valence-corrected chi connectivity index (χ3v) is 3.02. The Labute approximate surface area is 129 Å². The molecule has 0 saturated carbocycles. The van der Waals surface area contributed by atoms with Crippen molar-refractivity contribution in [2.24, 2.45) is 0 Å². The molecule has 0 aliphatic rings. The second-order valence-corrected chi connectivity index (χ2v) is 5.42. The Balaban J connectivity index is 2.07. The van der Waals surface area contributed by atoms with E-state index in [-0.39, 0.29) is 18.1 Å². The second kappa shape index (κ2) is 6.63. The van der Waals surface area contributed by atoms with Gasteiger partial charge < -0.3 is 15.8 Å². The average Bonchev–Trinajstić information content (AvgIpc) is 2.37. The molecule has 1 aromatic carbocycles. The molecule has 0 bridgehead atoms. The molecular formula is C15H19ClN4O. The van der Waals surface area contributed by atoms with Crippen LogP contribution in [0.5, 0.6) is 5.75 Å². The van der Waals surface area contributed by atoms with Crippen LogP contribution in [0.25, 0.3) is 0 Å². The number of nitrogens with zero attached hydrogens (tertiary/aromatic N) is 2. The van der Waals surface area contributed by atoms with E-state index in [1.807, 2.05) is 45.0 Å². The number of hydrogen-bond donors (Lipinski definition) is 2. The summed E-state index contributed by atoms with van der Waals surface area (Å²) in [7, 11) is 0. The lowest BCUT2D eigenvalue weighted by Gasteiger charge is -2.16. The Morgan fingerprint density at radius 2 is 1.81 bits per heavy atom. The number of ether oxygens (including phenoxy) is 1. The maximum absolute atomic E-state index is 5.86. The molecule has 0 amide bonds. The lowest BCUT2D eigenvalue weighted by atomic mass is 10.1. The third-order valence-electron chi connectivity index (χ3n) is 2.83. The Morgan fingerprint density at radius 1 is 1.14 bits per heavy atom. The summed E-state index contributed by atoms with van der Waals surface area (Å²) < 4.78 is 5.62. The standard InChI is InChI=1S/C15H19ClN4O/c1-9(2)21-12-6-4-11(5-7-12)10(3)18-14-8-13(16)19-15(17)20-14/h4-10H,1-3H3,(H3,17,18,19,20). The Morgan fingerprint density at radius 3 is 2.38 bits per heavy atom. The van der Waals surface area contributed by atoms with Gasteiger partial charge in [0.1, 0.15) is 16.7 Å². The Kier molecular flexibility index (Phi) is 4.85. The van der Waals surface area contributed by atoms with Crippen LogP contribution in [-0.2, 0) is 0 Å². The molecular weight excluding hydrogens is 288 g/mol. The van der Waals surface area contributed by atoms with E-state index >= 15 is 0 Å². The fourth-order valence-corrected chi connectivity index (χ4v) is 2.11. The Hall–Kier alpha value is -2.01. The molecule has 0 saturated heterocycles. The highest BCUT2D eigenvalue weighted by Gasteiger charge is 2.08. The third kappa shape index (κ3) is 4.49. The quantitative estimate of drug-likeness (QED) is 0.824. The van der Waals surface area contributed by atoms with E-state index < -0.39 is 0 Å². The summed E-state index contributed by atoms with van der Waals surface area (Å²) in [6.07, 6.45) is 0.164. The van der Waals surface area contributed by atoms with Gasteiger partial charge in [-0.05, 0) is 38.5 Å². The van der Waals surface area contributed by atoms with Crippen molar-refractivity contribution in [3.8, 4) is 5.75 Å². The van der Waals surface area contributed by atoms with Crippen LogP contribution in [0.2, 0.25) is 5.15 Å². The van der Waals surface area contributed by atoms with Crippen LogP contribution in [0.3, 0.4) is 0 Å². The molecule has 2 rings (SSSR count). The van der Waals surface area contributed by atoms with Gasteiger partial charge in [0.15, 0.2) is 0 Å². The second-order valence-electron chi connectivity index (χ2n) is 5.04. The van der Waals surface area contributed by atoms with Crippen LogP contribution in [0.1, 0.15) is 32.4 Å². The van der Waals surface area contributed by atoms with Crippen LogP contribution in [-0.4, -0.2) is 16.1 Å². The van der Waals surface area contributed by atoms with E-state index in [4.69, 9.17) is 22.1 Å². The number of benzene rings is 1. The molecule has 0 radical (unpaired) electrons. The summed E-state index contributed by atoms with van der Waals surface area (Å²) in [6.45, 7) is 6.03. The zero-order valence-electron chi connectivity index (χ0n) is 12.3. The van der Waals surface area contributed by atoms with Gasteiger partial charge in [0, 0.05) is 12.1 Å². The maximum atomic E-state index is 5.86. The number of rotatable bonds is 5. The van der Waals surface area contributed by atoms with Crippen molar-refractivity contribution in [3.05, 3.63) is 41.0 Å². The monoisotopic (exact) mass is 306 g/mol. The predicted molar refractivity (Wildman–Crippen MR) is 85.7 cm³/mol. The highest BCUT2D eigenvalue weighted by atomic mass is 35.5. The van der Waals surface area contributed by atoms with Crippen molar-refractivity contribution in [2.45, 2.75) is 32.9 Å². The summed E-state index contributed by atoms with van der Waals surface area (Å²) in [5, 5.41) is 3.56. The molecule has 6 heteroatoms. The van der Waals surface area contributed by atoms with E-state index in [9.17, 15) is 0 Å². The average molecular weight is 307 g/mol. The van der Waals surface area contributed by atoms with Crippen LogP contribution >= 0.6 is 11.6 Å². The largest absolute Gasteiger partial charge is 0.491 e. The molecule has 0 fully saturated rings. The number of halogens is 1. The molecule has 0 aliphatic heterocycles. The predicted octanol–water partition coefficient (Wildman–Crippen LogP) is 3.67. The van der Waals surface area contributed by atoms with Crippen LogP contribution < -0.4 is 15.8 Å². The van der Waals surface area contributed by atoms with Crippen LogP contribution in [0.4, 0.5) is 11.8 Å². The number of nitrogens with two attached hydrogens (primary N) is 1. The summed E-state index contributed by atoms with van der Waals surface area (Å²) in [5.74, 6) is 1.61. The van der Waals surface area contributed by atoms with Crippen LogP contribution in [0, 0.1) is 0 Å². The molecule has 5 nitrogen and oxygen atoms in total. The van der Waals surface area contributed by atoms with Gasteiger partial charge >= 0.3 is 0 Å². The number of hydrogen-bond acceptors (Lipinski definition) is 5. The van der Waals surface area contributed by atoms with Gasteiger partial charge in [0.25, 0.3) is 0 Å². The van der Waals surface area contributed by atoms with Gasteiger partial charge in [-0.2, -0.15) is 4.98 Å². The van der Waals surface area contributed by atoms with Crippen molar-refractivity contribution in [1.29, 1.82) is 0 Å². The molecule has 3 N–H and O–H groups in total. The first-order valence-corrected chi connectivity index (χ1v) is 7.15. The molecule has 0 aliphatic carbocycles. The van der Waals surface area contributed by atoms with E-state index in [2.05, 4.69) is 15.3 Å². The first-order valence-electron chi connectivity index (χ1n) is 6.77. The minimum absolute atomic E-state index is 0.0588. The first-order chi connectivity index (χ1) is 9.94. The zero-order valence-corrected chi connectivity index (χ0v) is 13.1. The molecule has 0 spiro atoms. The van der Waals surface area contributed by atoms with Crippen LogP contribution in [0.15, 0.2) is 30.3 Å². The maximum Gasteiger partial charge on any atom is 0.223 e. The van der Waals surface area contributed by atoms with Gasteiger partial charge in [0.2, 0.25) is 5.95 Å². The number of nitrogens with one attached hydrogen (secondary N) is 1. The summed E-state index contributed by atoms with van der Waals surface area (Å²) in [5.41, 5.74) is 6.69. The first kappa shape index (κ1) is 15.4. The molecule has 21 heavy (non-hydrogen) atoms. The van der Waals surface area contributed by atoms with E-state index in [0.29, 0.717) is 11.0 Å². The summed E-state index contributed by atoms with van der Waals surface area (Å²) >= 11 is 5.86. The number of aromatic nitrogens is 2. The normalized spacial score (nSPS) is 12.2. The summed E-state index contributed by atoms with van der Waals surface area (Å²) in [6, 6.07) is 9.64. The number of nitrogen functional groups attached to an aromatic ring is 1. The van der Waals surface area contributed by atoms with Gasteiger partial charge in [-0.25, -0.2) is 4.98 Å². The fourth-order valence-electron chi connectivity index (χ4n) is 1.92. The van der Waals surface area contributed by atoms with Crippen molar-refractivity contribution < 1.29 is 4.74 Å². The van der Waals surface area contributed by atoms with Gasteiger partial charge in [-0.3, -0.25) is 0 Å². The van der Waals surface area contributed by atoms with Gasteiger partial charge in [0.05, 0.1) is 6.10 Å². The van der Waals surface area contributed by atoms with Gasteiger partial charge in [-0.15, -0.1) is 0 Å². The Bertz CT molecular complexity index is 581. The molecule has 1 unspecified atom stereocenters. The SMILES string of the molecule is CC(C)Oc1ccc(C(C)Nc2cc(Cl)nc(N)n2)cc1. The minimum atomic E-state index is 0.0588. The lowest BCUT2D eigenvalue weighted by Crippen LogP contribution is -2.10. The van der Waals surface area contributed by atoms with Gasteiger partial charge in [-0.1, -0.05) is 23.7 Å². The lowest BCUT2D eigenvalue weighted by molar-refractivity contribution is 0.242. The molecule has 2 aromatic rings. The highest BCUT2D eigenvalue weighted by Crippen LogP contribution is 2.22. The molecule has 112 valence electrons. The van der Waals surface area contributed by atoms with E-state index in [1.54, 1.807) is 6.07 Å². The minimum Gasteiger partial charge on any atom is -0.491 e. The van der Waals surface area contributed by atoms with Crippen molar-refractivity contribution in [1.82, 2.24) is 9.97 Å². The fraction of sp³-hybridized carbons (Fsp3) is 0.333. The zero-order chi connectivity index (χ0) is 15.4. The van der Waals surface area contributed by atoms with E-state index in [0.717, 1.165) is 11.3 Å². The van der Waals surface area contributed by atoms with Crippen molar-refractivity contribution in [3.63, 3.8) is 0 Å². The topological polar surface area (TPSA) is 73.1 Å². The smallest absolute Gasteiger partial charge is 0.223 e.